The number of nitrogen functional groups attached to an aromatic ring is 1. The van der Waals surface area contributed by atoms with Crippen LogP contribution in [0, 0.1) is 11.3 Å². The lowest BCUT2D eigenvalue weighted by Gasteiger charge is -2.30. The molecule has 0 atom stereocenters. The Bertz CT molecular complexity index is 416. The average Bonchev–Trinajstić information content (AvgIpc) is 2.36. The van der Waals surface area contributed by atoms with Gasteiger partial charge in [-0.15, -0.1) is 0 Å². The highest BCUT2D eigenvalue weighted by Gasteiger charge is 2.27. The van der Waals surface area contributed by atoms with E-state index >= 15 is 0 Å². The van der Waals surface area contributed by atoms with Crippen LogP contribution in [-0.2, 0) is 0 Å². The predicted octanol–water partition coefficient (Wildman–Crippen LogP) is -0.732. The molecule has 0 aromatic heterocycles. The number of nitrogens with one attached hydrogen (secondary N) is 1. The van der Waals surface area contributed by atoms with Gasteiger partial charge in [-0.1, -0.05) is 0 Å². The van der Waals surface area contributed by atoms with Crippen molar-refractivity contribution >= 4 is 11.4 Å². The maximum Gasteiger partial charge on any atom is 0.107 e. The van der Waals surface area contributed by atoms with Gasteiger partial charge >= 0.3 is 0 Å². The quantitative estimate of drug-likeness (QED) is 0.430. The minimum absolute atomic E-state index is 0.292. The Morgan fingerprint density at radius 2 is 1.82 bits per heavy atom. The first kappa shape index (κ1) is 13.3. The Labute approximate surface area is 98.9 Å². The van der Waals surface area contributed by atoms with Gasteiger partial charge in [-0.05, 0) is 18.2 Å². The largest absolute Gasteiger partial charge is 0.398 e. The molecule has 0 fully saturated rings. The van der Waals surface area contributed by atoms with E-state index in [1.54, 1.807) is 6.07 Å². The molecule has 92 valence electrons. The highest BCUT2D eigenvalue weighted by Crippen LogP contribution is 2.20. The third-order valence-corrected chi connectivity index (χ3v) is 2.49. The second-order valence-electron chi connectivity index (χ2n) is 3.79. The van der Waals surface area contributed by atoms with Crippen LogP contribution in [-0.4, -0.2) is 40.7 Å². The Morgan fingerprint density at radius 1 is 1.24 bits per heavy atom. The smallest absolute Gasteiger partial charge is 0.107 e. The molecule has 1 aromatic rings. The van der Waals surface area contributed by atoms with Crippen molar-refractivity contribution in [2.45, 2.75) is 5.54 Å². The lowest BCUT2D eigenvalue weighted by atomic mass is 10.0. The van der Waals surface area contributed by atoms with Crippen LogP contribution >= 0.6 is 0 Å². The highest BCUT2D eigenvalue weighted by atomic mass is 16.3. The summed E-state index contributed by atoms with van der Waals surface area (Å²) in [5, 5.41) is 38.9. The molecule has 6 heteroatoms. The van der Waals surface area contributed by atoms with Gasteiger partial charge in [0.1, 0.15) is 11.6 Å². The molecule has 17 heavy (non-hydrogen) atoms. The zero-order valence-electron chi connectivity index (χ0n) is 9.22. The topological polar surface area (TPSA) is 123 Å². The number of hydrogen-bond donors (Lipinski definition) is 5. The van der Waals surface area contributed by atoms with Crippen molar-refractivity contribution in [3.05, 3.63) is 23.8 Å². The molecule has 0 amide bonds. The van der Waals surface area contributed by atoms with E-state index in [4.69, 9.17) is 26.3 Å². The predicted molar refractivity (Wildman–Crippen MR) is 63.2 cm³/mol. The summed E-state index contributed by atoms with van der Waals surface area (Å²) in [4.78, 5) is 0. The van der Waals surface area contributed by atoms with E-state index < -0.39 is 25.4 Å². The van der Waals surface area contributed by atoms with Crippen LogP contribution in [0.25, 0.3) is 0 Å². The number of anilines is 2. The SMILES string of the molecule is N#Cc1ccc(NC(CO)(CO)CO)cc1N. The fourth-order valence-electron chi connectivity index (χ4n) is 1.32. The molecular formula is C11H15N3O3. The van der Waals surface area contributed by atoms with Gasteiger partial charge in [-0.2, -0.15) is 5.26 Å². The fraction of sp³-hybridized carbons (Fsp3) is 0.364. The van der Waals surface area contributed by atoms with Gasteiger partial charge in [-0.3, -0.25) is 0 Å². The number of nitrogens with zero attached hydrogens (tertiary/aromatic N) is 1. The summed E-state index contributed by atoms with van der Waals surface area (Å²) in [6.45, 7) is -1.29. The molecule has 0 radical (unpaired) electrons. The number of aliphatic hydroxyl groups excluding tert-OH is 3. The number of rotatable bonds is 5. The van der Waals surface area contributed by atoms with Gasteiger partial charge in [0, 0.05) is 5.69 Å². The average molecular weight is 237 g/mol. The summed E-state index contributed by atoms with van der Waals surface area (Å²) in [6.07, 6.45) is 0. The molecule has 0 spiro atoms. The maximum absolute atomic E-state index is 9.14. The van der Waals surface area contributed by atoms with Crippen molar-refractivity contribution in [1.29, 1.82) is 5.26 Å². The molecule has 1 rings (SSSR count). The first-order valence-electron chi connectivity index (χ1n) is 5.01. The van der Waals surface area contributed by atoms with E-state index in [0.717, 1.165) is 0 Å². The lowest BCUT2D eigenvalue weighted by Crippen LogP contribution is -2.49. The summed E-state index contributed by atoms with van der Waals surface area (Å²) >= 11 is 0. The summed E-state index contributed by atoms with van der Waals surface area (Å²) in [7, 11) is 0. The first-order valence-corrected chi connectivity index (χ1v) is 5.01. The molecule has 0 unspecified atom stereocenters. The van der Waals surface area contributed by atoms with Crippen molar-refractivity contribution in [3.63, 3.8) is 0 Å². The molecule has 0 aliphatic carbocycles. The number of nitriles is 1. The normalized spacial score (nSPS) is 10.9. The molecule has 0 aliphatic heterocycles. The van der Waals surface area contributed by atoms with E-state index in [9.17, 15) is 0 Å². The third-order valence-electron chi connectivity index (χ3n) is 2.49. The van der Waals surface area contributed by atoms with E-state index in [-0.39, 0.29) is 0 Å². The third kappa shape index (κ3) is 2.85. The van der Waals surface area contributed by atoms with Crippen LogP contribution in [0.3, 0.4) is 0 Å². The van der Waals surface area contributed by atoms with Gasteiger partial charge in [0.05, 0.1) is 31.1 Å². The first-order chi connectivity index (χ1) is 8.10. The second-order valence-corrected chi connectivity index (χ2v) is 3.79. The van der Waals surface area contributed by atoms with E-state index in [0.29, 0.717) is 16.9 Å². The van der Waals surface area contributed by atoms with Gasteiger partial charge in [0.15, 0.2) is 0 Å². The Morgan fingerprint density at radius 3 is 2.24 bits per heavy atom. The summed E-state index contributed by atoms with van der Waals surface area (Å²) in [5.74, 6) is 0. The van der Waals surface area contributed by atoms with Gasteiger partial charge in [-0.25, -0.2) is 0 Å². The second kappa shape index (κ2) is 5.50. The number of aliphatic hydroxyl groups is 3. The fourth-order valence-corrected chi connectivity index (χ4v) is 1.32. The molecule has 0 bridgehead atoms. The van der Waals surface area contributed by atoms with Crippen LogP contribution in [0.15, 0.2) is 18.2 Å². The van der Waals surface area contributed by atoms with Crippen molar-refractivity contribution in [2.24, 2.45) is 0 Å². The molecule has 6 nitrogen and oxygen atoms in total. The van der Waals surface area contributed by atoms with Crippen molar-refractivity contribution in [2.75, 3.05) is 30.9 Å². The zero-order valence-corrected chi connectivity index (χ0v) is 9.22. The standard InChI is InChI=1S/C11H15N3O3/c12-4-8-1-2-9(3-10(8)13)14-11(5-15,6-16)7-17/h1-3,14-17H,5-7,13H2. The van der Waals surface area contributed by atoms with Crippen LogP contribution in [0.2, 0.25) is 0 Å². The zero-order chi connectivity index (χ0) is 12.9. The molecule has 0 saturated carbocycles. The molecule has 0 saturated heterocycles. The highest BCUT2D eigenvalue weighted by molar-refractivity contribution is 5.63. The van der Waals surface area contributed by atoms with Crippen LogP contribution in [0.5, 0.6) is 0 Å². The van der Waals surface area contributed by atoms with Crippen LogP contribution in [0.1, 0.15) is 5.56 Å². The van der Waals surface area contributed by atoms with Crippen molar-refractivity contribution < 1.29 is 15.3 Å². The van der Waals surface area contributed by atoms with Gasteiger partial charge in [0.2, 0.25) is 0 Å². The van der Waals surface area contributed by atoms with Crippen LogP contribution in [0.4, 0.5) is 11.4 Å². The summed E-state index contributed by atoms with van der Waals surface area (Å²) in [6, 6.07) is 6.54. The van der Waals surface area contributed by atoms with Gasteiger partial charge in [0.25, 0.3) is 0 Å². The van der Waals surface area contributed by atoms with Gasteiger partial charge < -0.3 is 26.4 Å². The van der Waals surface area contributed by atoms with Crippen molar-refractivity contribution in [1.82, 2.24) is 0 Å². The summed E-state index contributed by atoms with van der Waals surface area (Å²) < 4.78 is 0. The molecule has 0 heterocycles. The van der Waals surface area contributed by atoms with Crippen LogP contribution < -0.4 is 11.1 Å². The van der Waals surface area contributed by atoms with E-state index in [1.807, 2.05) is 6.07 Å². The molecule has 1 aromatic carbocycles. The van der Waals surface area contributed by atoms with E-state index in [1.165, 1.54) is 12.1 Å². The molecule has 6 N–H and O–H groups in total. The minimum Gasteiger partial charge on any atom is -0.398 e. The lowest BCUT2D eigenvalue weighted by molar-refractivity contribution is 0.0834. The molecular weight excluding hydrogens is 222 g/mol. The number of hydrogen-bond acceptors (Lipinski definition) is 6. The minimum atomic E-state index is -1.21. The Kier molecular flexibility index (Phi) is 4.29. The Balaban J connectivity index is 2.95. The monoisotopic (exact) mass is 237 g/mol. The number of nitrogens with two attached hydrogens (primary N) is 1. The maximum atomic E-state index is 9.14. The molecule has 0 aliphatic rings. The Hall–Kier alpha value is -1.81. The number of benzene rings is 1. The van der Waals surface area contributed by atoms with E-state index in [2.05, 4.69) is 5.32 Å². The van der Waals surface area contributed by atoms with Crippen molar-refractivity contribution in [3.8, 4) is 6.07 Å². The summed E-state index contributed by atoms with van der Waals surface area (Å²) in [5.41, 5.74) is 5.57.